The Hall–Kier alpha value is -2.20. The van der Waals surface area contributed by atoms with Crippen LogP contribution in [0.3, 0.4) is 0 Å². The molecule has 0 spiro atoms. The van der Waals surface area contributed by atoms with Gasteiger partial charge in [0.15, 0.2) is 0 Å². The van der Waals surface area contributed by atoms with Crippen LogP contribution >= 0.6 is 23.2 Å². The van der Waals surface area contributed by atoms with Crippen LogP contribution in [0.5, 0.6) is 0 Å². The Bertz CT molecular complexity index is 1030. The van der Waals surface area contributed by atoms with Crippen LogP contribution in [0, 0.1) is 18.3 Å². The minimum atomic E-state index is -2.06. The summed E-state index contributed by atoms with van der Waals surface area (Å²) >= 11 is 3.63. The molecule has 3 heteroatoms. The van der Waals surface area contributed by atoms with E-state index in [9.17, 15) is 5.26 Å². The molecule has 0 aromatic heterocycles. The monoisotopic (exact) mass is 435 g/mol. The van der Waals surface area contributed by atoms with Crippen molar-refractivity contribution < 1.29 is 0 Å². The van der Waals surface area contributed by atoms with E-state index in [4.69, 9.17) is 0 Å². The Morgan fingerprint density at radius 3 is 2.52 bits per heavy atom. The van der Waals surface area contributed by atoms with E-state index in [1.165, 1.54) is 21.8 Å². The Balaban J connectivity index is 2.22. The Morgan fingerprint density at radius 1 is 1.19 bits per heavy atom. The third-order valence-electron chi connectivity index (χ3n) is 5.19. The van der Waals surface area contributed by atoms with Crippen LogP contribution in [0.25, 0.3) is 5.57 Å². The van der Waals surface area contributed by atoms with Gasteiger partial charge in [-0.2, -0.15) is 0 Å². The number of allylic oxidation sites excluding steroid dienone is 6. The topological polar surface area (TPSA) is 23.8 Å². The molecule has 2 aromatic carbocycles. The van der Waals surface area contributed by atoms with E-state index >= 15 is 0 Å². The van der Waals surface area contributed by atoms with E-state index in [1.807, 2.05) is 31.2 Å². The van der Waals surface area contributed by atoms with Gasteiger partial charge in [0.2, 0.25) is 0 Å². The summed E-state index contributed by atoms with van der Waals surface area (Å²) in [6, 6.07) is 18.9. The van der Waals surface area contributed by atoms with Gasteiger partial charge in [-0.1, -0.05) is 0 Å². The molecule has 0 amide bonds. The summed E-state index contributed by atoms with van der Waals surface area (Å²) in [5, 5.41) is 11.9. The van der Waals surface area contributed by atoms with Crippen molar-refractivity contribution >= 4 is 34.1 Å². The Morgan fingerprint density at radius 2 is 1.89 bits per heavy atom. The fourth-order valence-electron chi connectivity index (χ4n) is 3.43. The van der Waals surface area contributed by atoms with Crippen molar-refractivity contribution in [2.24, 2.45) is 0 Å². The average molecular weight is 436 g/mol. The molecule has 2 aromatic rings. The number of benzene rings is 2. The van der Waals surface area contributed by atoms with E-state index in [2.05, 4.69) is 84.4 Å². The molecule has 1 aliphatic heterocycles. The third kappa shape index (κ3) is 3.77. The first kappa shape index (κ1) is 19.6. The zero-order chi connectivity index (χ0) is 19.6. The van der Waals surface area contributed by atoms with Crippen LogP contribution < -0.4 is 5.30 Å². The number of hydrogen-bond donors (Lipinski definition) is 0. The Labute approximate surface area is 170 Å². The summed E-state index contributed by atoms with van der Waals surface area (Å²) < 4.78 is 1.03. The van der Waals surface area contributed by atoms with Crippen molar-refractivity contribution in [2.75, 3.05) is 6.66 Å². The quantitative estimate of drug-likeness (QED) is 0.494. The summed E-state index contributed by atoms with van der Waals surface area (Å²) in [7, 11) is -2.06. The van der Waals surface area contributed by atoms with Gasteiger partial charge in [0, 0.05) is 0 Å². The average Bonchev–Trinajstić information content (AvgIpc) is 2.94. The second kappa shape index (κ2) is 7.81. The predicted octanol–water partition coefficient (Wildman–Crippen LogP) is 6.67. The molecule has 136 valence electrons. The van der Waals surface area contributed by atoms with Crippen molar-refractivity contribution in [2.45, 2.75) is 13.8 Å². The van der Waals surface area contributed by atoms with Gasteiger partial charge in [0.05, 0.1) is 0 Å². The number of halogens is 1. The van der Waals surface area contributed by atoms with Crippen LogP contribution in [-0.4, -0.2) is 6.66 Å². The third-order valence-corrected chi connectivity index (χ3v) is 9.80. The summed E-state index contributed by atoms with van der Waals surface area (Å²) in [4.78, 5) is 0. The normalized spacial score (nSPS) is 18.9. The van der Waals surface area contributed by atoms with Crippen LogP contribution in [0.2, 0.25) is 0 Å². The van der Waals surface area contributed by atoms with Crippen molar-refractivity contribution in [3.8, 4) is 6.07 Å². The number of aryl methyl sites for hydroxylation is 1. The van der Waals surface area contributed by atoms with E-state index in [0.29, 0.717) is 5.56 Å². The van der Waals surface area contributed by atoms with Crippen molar-refractivity contribution in [1.29, 1.82) is 5.26 Å². The van der Waals surface area contributed by atoms with Crippen LogP contribution in [-0.2, 0) is 0 Å². The molecule has 0 fully saturated rings. The van der Waals surface area contributed by atoms with E-state index in [0.717, 1.165) is 15.6 Å². The molecular weight excluding hydrogens is 413 g/mol. The first-order valence-corrected chi connectivity index (χ1v) is 12.3. The van der Waals surface area contributed by atoms with Crippen LogP contribution in [0.1, 0.15) is 23.6 Å². The maximum absolute atomic E-state index is 9.30. The van der Waals surface area contributed by atoms with Gasteiger partial charge in [0.1, 0.15) is 0 Å². The van der Waals surface area contributed by atoms with Crippen molar-refractivity contribution in [3.63, 3.8) is 0 Å². The molecule has 0 aliphatic carbocycles. The van der Waals surface area contributed by atoms with Crippen molar-refractivity contribution in [1.82, 2.24) is 0 Å². The van der Waals surface area contributed by atoms with Gasteiger partial charge < -0.3 is 0 Å². The van der Waals surface area contributed by atoms with Gasteiger partial charge in [-0.25, -0.2) is 0 Å². The van der Waals surface area contributed by atoms with Gasteiger partial charge in [-0.05, 0) is 0 Å². The molecule has 0 saturated carbocycles. The number of nitrogens with zero attached hydrogens (tertiary/aromatic N) is 1. The molecule has 27 heavy (non-hydrogen) atoms. The molecule has 0 radical (unpaired) electrons. The van der Waals surface area contributed by atoms with E-state index in [-0.39, 0.29) is 0 Å². The molecule has 0 saturated heterocycles. The Kier molecular flexibility index (Phi) is 5.66. The molecule has 0 atom stereocenters. The molecule has 3 rings (SSSR count). The molecule has 1 heterocycles. The first-order valence-electron chi connectivity index (χ1n) is 8.93. The van der Waals surface area contributed by atoms with Gasteiger partial charge in [0.25, 0.3) is 0 Å². The second-order valence-corrected chi connectivity index (χ2v) is 11.8. The number of hydrogen-bond acceptors (Lipinski definition) is 1. The van der Waals surface area contributed by atoms with Gasteiger partial charge in [-0.3, -0.25) is 0 Å². The summed E-state index contributed by atoms with van der Waals surface area (Å²) in [6.07, 6.45) is 4.19. The molecule has 1 nitrogen and oxygen atoms in total. The number of nitriles is 1. The molecular formula is C24H23BrNP. The molecule has 0 unspecified atom stereocenters. The summed E-state index contributed by atoms with van der Waals surface area (Å²) in [5.41, 5.74) is 5.34. The zero-order valence-corrected chi connectivity index (χ0v) is 18.5. The fourth-order valence-corrected chi connectivity index (χ4v) is 6.88. The maximum atomic E-state index is 9.30. The molecule has 1 aliphatic rings. The number of rotatable bonds is 3. The van der Waals surface area contributed by atoms with E-state index in [1.54, 1.807) is 0 Å². The molecule has 0 bridgehead atoms. The first-order chi connectivity index (χ1) is 12.9. The minimum absolute atomic E-state index is 0.675. The van der Waals surface area contributed by atoms with Gasteiger partial charge in [-0.15, -0.1) is 0 Å². The standard InChI is InChI=1S/C24H23BrNP/c1-5-21(25)14-23-18(3)27(4,22-11-9-17(2)10-12-22)16-24(23)20-8-6-7-19(13-20)15-26/h5-14,16,27H,3H2,1-2,4H3/b21-5+,23-14+. The zero-order valence-electron chi connectivity index (χ0n) is 15.9. The summed E-state index contributed by atoms with van der Waals surface area (Å²) in [6.45, 7) is 11.0. The second-order valence-electron chi connectivity index (χ2n) is 7.03. The SMILES string of the molecule is C=C1/C(=C\C(Br)=C/C)C(c2cccc(C#N)c2)=C[PH]1(C)c1ccc(C)cc1. The van der Waals surface area contributed by atoms with E-state index < -0.39 is 7.26 Å². The van der Waals surface area contributed by atoms with Crippen molar-refractivity contribution in [3.05, 3.63) is 105 Å². The van der Waals surface area contributed by atoms with Crippen LogP contribution in [0.4, 0.5) is 0 Å². The fraction of sp³-hybridized carbons (Fsp3) is 0.125. The van der Waals surface area contributed by atoms with Crippen LogP contribution in [0.15, 0.2) is 88.4 Å². The summed E-state index contributed by atoms with van der Waals surface area (Å²) in [5.74, 6) is 2.41. The van der Waals surface area contributed by atoms with Gasteiger partial charge >= 0.3 is 171 Å². The predicted molar refractivity (Wildman–Crippen MR) is 124 cm³/mol. The molecule has 0 N–H and O–H groups in total.